The van der Waals surface area contributed by atoms with Crippen LogP contribution in [0.4, 0.5) is 17.1 Å². The van der Waals surface area contributed by atoms with E-state index in [-0.39, 0.29) is 28.7 Å². The van der Waals surface area contributed by atoms with E-state index in [4.69, 9.17) is 11.6 Å². The van der Waals surface area contributed by atoms with Gasteiger partial charge in [-0.05, 0) is 30.3 Å². The Morgan fingerprint density at radius 3 is 2.64 bits per heavy atom. The van der Waals surface area contributed by atoms with Gasteiger partial charge in [0.05, 0.1) is 28.3 Å². The number of hydrogen-bond acceptors (Lipinski definition) is 4. The minimum absolute atomic E-state index is 0.0889. The van der Waals surface area contributed by atoms with Crippen molar-refractivity contribution in [2.45, 2.75) is 0 Å². The molecule has 0 saturated carbocycles. The predicted molar refractivity (Wildman–Crippen MR) is 96.7 cm³/mol. The maximum atomic E-state index is 12.8. The van der Waals surface area contributed by atoms with Crippen molar-refractivity contribution >= 4 is 50.5 Å². The summed E-state index contributed by atoms with van der Waals surface area (Å²) in [6, 6.07) is 11.2. The van der Waals surface area contributed by atoms with Gasteiger partial charge in [-0.25, -0.2) is 8.42 Å². The van der Waals surface area contributed by atoms with Crippen LogP contribution in [0.5, 0.6) is 0 Å². The minimum atomic E-state index is -3.48. The van der Waals surface area contributed by atoms with Gasteiger partial charge in [0.2, 0.25) is 15.9 Å². The first-order valence-corrected chi connectivity index (χ1v) is 9.49. The maximum absolute atomic E-state index is 12.8. The summed E-state index contributed by atoms with van der Waals surface area (Å²) < 4.78 is 24.9. The maximum Gasteiger partial charge on any atom is 0.258 e. The van der Waals surface area contributed by atoms with Gasteiger partial charge in [-0.2, -0.15) is 0 Å². The first-order chi connectivity index (χ1) is 11.7. The Labute approximate surface area is 149 Å². The minimum Gasteiger partial charge on any atom is -0.323 e. The molecule has 1 aliphatic heterocycles. The molecule has 2 N–H and O–H groups in total. The van der Waals surface area contributed by atoms with E-state index in [0.29, 0.717) is 11.4 Å². The highest BCUT2D eigenvalue weighted by Crippen LogP contribution is 2.31. The van der Waals surface area contributed by atoms with E-state index in [1.165, 1.54) is 23.1 Å². The van der Waals surface area contributed by atoms with Crippen molar-refractivity contribution in [3.05, 3.63) is 53.1 Å². The largest absolute Gasteiger partial charge is 0.323 e. The number of rotatable bonds is 3. The van der Waals surface area contributed by atoms with Crippen LogP contribution in [0.1, 0.15) is 10.4 Å². The van der Waals surface area contributed by atoms with Crippen LogP contribution in [0.2, 0.25) is 5.02 Å². The fourth-order valence-corrected chi connectivity index (χ4v) is 3.36. The lowest BCUT2D eigenvalue weighted by Gasteiger charge is -2.29. The first-order valence-electron chi connectivity index (χ1n) is 7.23. The lowest BCUT2D eigenvalue weighted by molar-refractivity contribution is -0.115. The average Bonchev–Trinajstić information content (AvgIpc) is 2.54. The number of para-hydroxylation sites is 2. The van der Waals surface area contributed by atoms with Gasteiger partial charge in [0.25, 0.3) is 5.91 Å². The molecular weight excluding hydrogens is 366 g/mol. The number of amides is 2. The zero-order chi connectivity index (χ0) is 18.2. The molecule has 25 heavy (non-hydrogen) atoms. The summed E-state index contributed by atoms with van der Waals surface area (Å²) in [5.74, 6) is -0.705. The van der Waals surface area contributed by atoms with Crippen LogP contribution < -0.4 is 14.9 Å². The standard InChI is InChI=1S/C16H14ClN3O4S/c1-25(23,24)19-12-7-6-10(8-11(12)17)16(22)20-9-15(21)18-13-4-2-3-5-14(13)20/h2-8,19H,9H2,1H3,(H,18,21). The second kappa shape index (κ2) is 6.38. The van der Waals surface area contributed by atoms with Crippen molar-refractivity contribution in [1.82, 2.24) is 0 Å². The van der Waals surface area contributed by atoms with E-state index in [1.54, 1.807) is 24.3 Å². The number of sulfonamides is 1. The molecule has 0 unspecified atom stereocenters. The molecular formula is C16H14ClN3O4S. The van der Waals surface area contributed by atoms with E-state index in [0.717, 1.165) is 6.26 Å². The van der Waals surface area contributed by atoms with Crippen LogP contribution >= 0.6 is 11.6 Å². The normalized spacial score (nSPS) is 13.8. The molecule has 130 valence electrons. The number of fused-ring (bicyclic) bond motifs is 1. The van der Waals surface area contributed by atoms with Crippen LogP contribution in [0, 0.1) is 0 Å². The van der Waals surface area contributed by atoms with Gasteiger partial charge in [0, 0.05) is 5.56 Å². The Balaban J connectivity index is 1.94. The monoisotopic (exact) mass is 379 g/mol. The van der Waals surface area contributed by atoms with Crippen LogP contribution in [0.3, 0.4) is 0 Å². The number of nitrogens with zero attached hydrogens (tertiary/aromatic N) is 1. The summed E-state index contributed by atoms with van der Waals surface area (Å²) in [6.45, 7) is -0.114. The van der Waals surface area contributed by atoms with Gasteiger partial charge in [-0.1, -0.05) is 23.7 Å². The Kier molecular flexibility index (Phi) is 4.40. The third-order valence-corrected chi connectivity index (χ3v) is 4.43. The van der Waals surface area contributed by atoms with E-state index in [9.17, 15) is 18.0 Å². The van der Waals surface area contributed by atoms with E-state index in [2.05, 4.69) is 10.0 Å². The summed E-state index contributed by atoms with van der Waals surface area (Å²) in [5, 5.41) is 2.80. The Hall–Kier alpha value is -2.58. The number of anilines is 3. The molecule has 0 spiro atoms. The molecule has 2 aromatic rings. The van der Waals surface area contributed by atoms with Crippen LogP contribution in [0.15, 0.2) is 42.5 Å². The Morgan fingerprint density at radius 2 is 1.96 bits per heavy atom. The van der Waals surface area contributed by atoms with Crippen molar-refractivity contribution in [1.29, 1.82) is 0 Å². The lowest BCUT2D eigenvalue weighted by Crippen LogP contribution is -2.42. The van der Waals surface area contributed by atoms with Gasteiger partial charge in [-0.15, -0.1) is 0 Å². The second-order valence-electron chi connectivity index (χ2n) is 5.53. The highest BCUT2D eigenvalue weighted by Gasteiger charge is 2.27. The zero-order valence-electron chi connectivity index (χ0n) is 13.1. The molecule has 0 radical (unpaired) electrons. The molecule has 9 heteroatoms. The fourth-order valence-electron chi connectivity index (χ4n) is 2.50. The first kappa shape index (κ1) is 17.2. The lowest BCUT2D eigenvalue weighted by atomic mass is 10.1. The molecule has 0 bridgehead atoms. The predicted octanol–water partition coefficient (Wildman–Crippen LogP) is 2.31. The van der Waals surface area contributed by atoms with Crippen molar-refractivity contribution in [2.75, 3.05) is 27.7 Å². The molecule has 7 nitrogen and oxygen atoms in total. The summed E-state index contributed by atoms with van der Waals surface area (Å²) in [6.07, 6.45) is 1.01. The number of halogens is 1. The quantitative estimate of drug-likeness (QED) is 0.855. The van der Waals surface area contributed by atoms with E-state index in [1.807, 2.05) is 0 Å². The topological polar surface area (TPSA) is 95.6 Å². The molecule has 0 aliphatic carbocycles. The molecule has 1 heterocycles. The van der Waals surface area contributed by atoms with Crippen LogP contribution in [-0.4, -0.2) is 33.0 Å². The van der Waals surface area contributed by atoms with Crippen molar-refractivity contribution < 1.29 is 18.0 Å². The summed E-state index contributed by atoms with van der Waals surface area (Å²) in [7, 11) is -3.48. The number of benzene rings is 2. The highest BCUT2D eigenvalue weighted by atomic mass is 35.5. The van der Waals surface area contributed by atoms with Crippen LogP contribution in [0.25, 0.3) is 0 Å². The second-order valence-corrected chi connectivity index (χ2v) is 7.68. The van der Waals surface area contributed by atoms with Gasteiger partial charge in [-0.3, -0.25) is 19.2 Å². The number of hydrogen-bond donors (Lipinski definition) is 2. The molecule has 2 amide bonds. The summed E-state index contributed by atoms with van der Waals surface area (Å²) in [5.41, 5.74) is 1.56. The Bertz CT molecular complexity index is 975. The SMILES string of the molecule is CS(=O)(=O)Nc1ccc(C(=O)N2CC(=O)Nc3ccccc32)cc1Cl. The van der Waals surface area contributed by atoms with Gasteiger partial charge in [0.15, 0.2) is 0 Å². The smallest absolute Gasteiger partial charge is 0.258 e. The van der Waals surface area contributed by atoms with Crippen molar-refractivity contribution in [2.24, 2.45) is 0 Å². The fraction of sp³-hybridized carbons (Fsp3) is 0.125. The molecule has 2 aromatic carbocycles. The van der Waals surface area contributed by atoms with Crippen molar-refractivity contribution in [3.63, 3.8) is 0 Å². The van der Waals surface area contributed by atoms with Gasteiger partial charge >= 0.3 is 0 Å². The molecule has 0 saturated heterocycles. The summed E-state index contributed by atoms with van der Waals surface area (Å²) >= 11 is 6.07. The third kappa shape index (κ3) is 3.75. The van der Waals surface area contributed by atoms with E-state index < -0.39 is 15.9 Å². The van der Waals surface area contributed by atoms with Crippen molar-refractivity contribution in [3.8, 4) is 0 Å². The molecule has 0 aromatic heterocycles. The molecule has 1 aliphatic rings. The van der Waals surface area contributed by atoms with E-state index >= 15 is 0 Å². The Morgan fingerprint density at radius 1 is 1.24 bits per heavy atom. The highest BCUT2D eigenvalue weighted by molar-refractivity contribution is 7.92. The summed E-state index contributed by atoms with van der Waals surface area (Å²) in [4.78, 5) is 26.0. The van der Waals surface area contributed by atoms with Gasteiger partial charge in [0.1, 0.15) is 6.54 Å². The molecule has 0 fully saturated rings. The van der Waals surface area contributed by atoms with Gasteiger partial charge < -0.3 is 5.32 Å². The number of carbonyl (C=O) groups excluding carboxylic acids is 2. The molecule has 0 atom stereocenters. The third-order valence-electron chi connectivity index (χ3n) is 3.53. The van der Waals surface area contributed by atoms with Crippen LogP contribution in [-0.2, 0) is 14.8 Å². The number of carbonyl (C=O) groups is 2. The number of nitrogens with one attached hydrogen (secondary N) is 2. The molecule has 3 rings (SSSR count). The average molecular weight is 380 g/mol. The zero-order valence-corrected chi connectivity index (χ0v) is 14.7.